The molecule has 0 saturated carbocycles. The maximum Gasteiger partial charge on any atom is 0.270 e. The van der Waals surface area contributed by atoms with Gasteiger partial charge < -0.3 is 14.9 Å². The van der Waals surface area contributed by atoms with Gasteiger partial charge in [-0.1, -0.05) is 6.07 Å². The average molecular weight is 349 g/mol. The Hall–Kier alpha value is -3.41. The second-order valence-corrected chi connectivity index (χ2v) is 6.04. The first-order valence-electron chi connectivity index (χ1n) is 8.56. The number of pyridine rings is 2. The van der Waals surface area contributed by atoms with Gasteiger partial charge in [0.1, 0.15) is 11.3 Å². The van der Waals surface area contributed by atoms with Crippen LogP contribution in [-0.2, 0) is 6.54 Å². The summed E-state index contributed by atoms with van der Waals surface area (Å²) in [5, 5.41) is 1.03. The van der Waals surface area contributed by atoms with E-state index in [0.717, 1.165) is 27.9 Å². The van der Waals surface area contributed by atoms with Crippen molar-refractivity contribution in [2.75, 3.05) is 6.54 Å². The molecule has 1 amide bonds. The van der Waals surface area contributed by atoms with E-state index in [2.05, 4.69) is 19.9 Å². The normalized spacial score (nSPS) is 11.0. The third kappa shape index (κ3) is 2.97. The highest BCUT2D eigenvalue weighted by Crippen LogP contribution is 2.27. The topological polar surface area (TPSA) is 77.7 Å². The van der Waals surface area contributed by atoms with Crippen LogP contribution in [0.1, 0.15) is 26.0 Å². The molecule has 4 aromatic heterocycles. The number of hydrogen-bond donors (Lipinski definition) is 2. The number of hydrogen-bond acceptors (Lipinski definition) is 3. The number of H-pyrrole nitrogens is 2. The van der Waals surface area contributed by atoms with E-state index < -0.39 is 0 Å². The van der Waals surface area contributed by atoms with Crippen LogP contribution in [0.25, 0.3) is 22.2 Å². The van der Waals surface area contributed by atoms with Crippen molar-refractivity contribution in [3.05, 3.63) is 72.6 Å². The molecule has 0 bridgehead atoms. The van der Waals surface area contributed by atoms with Gasteiger partial charge in [-0.2, -0.15) is 0 Å². The molecule has 2 N–H and O–H groups in total. The van der Waals surface area contributed by atoms with Gasteiger partial charge >= 0.3 is 0 Å². The fourth-order valence-electron chi connectivity index (χ4n) is 3.07. The van der Waals surface area contributed by atoms with E-state index in [1.807, 2.05) is 55.7 Å². The van der Waals surface area contributed by atoms with Crippen LogP contribution in [0.3, 0.4) is 0 Å². The number of carbonyl (C=O) groups excluding carboxylic acids is 1. The molecule has 0 fully saturated rings. The summed E-state index contributed by atoms with van der Waals surface area (Å²) < 4.78 is 0. The molecule has 26 heavy (non-hydrogen) atoms. The molecule has 0 radical (unpaired) electrons. The van der Waals surface area contributed by atoms with Crippen LogP contribution in [0, 0.1) is 0 Å². The third-order valence-corrected chi connectivity index (χ3v) is 4.43. The minimum atomic E-state index is -0.0382. The lowest BCUT2D eigenvalue weighted by molar-refractivity contribution is 0.0745. The summed E-state index contributed by atoms with van der Waals surface area (Å²) in [5.74, 6) is -0.0382. The number of aromatic amines is 2. The van der Waals surface area contributed by atoms with Crippen molar-refractivity contribution in [2.45, 2.75) is 13.5 Å². The Morgan fingerprint density at radius 3 is 2.88 bits per heavy atom. The maximum absolute atomic E-state index is 12.9. The van der Waals surface area contributed by atoms with Gasteiger partial charge in [0.05, 0.1) is 12.2 Å². The summed E-state index contributed by atoms with van der Waals surface area (Å²) in [5.41, 5.74) is 4.28. The summed E-state index contributed by atoms with van der Waals surface area (Å²) in [6.07, 6.45) is 7.24. The Labute approximate surface area is 153 Å². The smallest absolute Gasteiger partial charge is 0.270 e. The molecular formula is C20H23N5O. The van der Waals surface area contributed by atoms with Crippen molar-refractivity contribution >= 4 is 16.9 Å². The molecule has 0 aliphatic carbocycles. The molecule has 0 aliphatic rings. The number of nitrogens with zero attached hydrogens (tertiary/aromatic N) is 3. The van der Waals surface area contributed by atoms with Gasteiger partial charge in [0, 0.05) is 45.1 Å². The van der Waals surface area contributed by atoms with Crippen LogP contribution in [0.5, 0.6) is 0 Å². The number of nitrogens with one attached hydrogen (secondary N) is 2. The molecule has 6 heteroatoms. The fourth-order valence-corrected chi connectivity index (χ4v) is 3.07. The molecule has 4 aromatic rings. The van der Waals surface area contributed by atoms with Crippen molar-refractivity contribution in [1.82, 2.24) is 24.8 Å². The first-order valence-corrected chi connectivity index (χ1v) is 8.56. The molecule has 0 atom stereocenters. The zero-order valence-electron chi connectivity index (χ0n) is 14.4. The minimum absolute atomic E-state index is 0. The Bertz CT molecular complexity index is 1040. The molecule has 0 aliphatic heterocycles. The molecule has 0 unspecified atom stereocenters. The molecule has 4 heterocycles. The van der Waals surface area contributed by atoms with E-state index in [9.17, 15) is 4.79 Å². The lowest BCUT2D eigenvalue weighted by Crippen LogP contribution is -2.30. The van der Waals surface area contributed by atoms with E-state index in [1.165, 1.54) is 0 Å². The van der Waals surface area contributed by atoms with Gasteiger partial charge in [0.15, 0.2) is 0 Å². The Balaban J connectivity index is 0.00000140. The van der Waals surface area contributed by atoms with Crippen molar-refractivity contribution in [3.8, 4) is 11.1 Å². The van der Waals surface area contributed by atoms with Crippen molar-refractivity contribution in [1.29, 1.82) is 0 Å². The van der Waals surface area contributed by atoms with E-state index >= 15 is 0 Å². The lowest BCUT2D eigenvalue weighted by atomic mass is 10.1. The first kappa shape index (κ1) is 16.1. The fraction of sp³-hybridized carbons (Fsp3) is 0.150. The molecule has 0 aromatic carbocycles. The molecular weight excluding hydrogens is 326 g/mol. The second-order valence-electron chi connectivity index (χ2n) is 6.04. The van der Waals surface area contributed by atoms with E-state index in [1.54, 1.807) is 17.3 Å². The highest BCUT2D eigenvalue weighted by molar-refractivity contribution is 5.97. The van der Waals surface area contributed by atoms with Crippen LogP contribution in [0.2, 0.25) is 0 Å². The number of amides is 1. The predicted octanol–water partition coefficient (Wildman–Crippen LogP) is 4.11. The quantitative estimate of drug-likeness (QED) is 0.569. The molecule has 4 rings (SSSR count). The summed E-state index contributed by atoms with van der Waals surface area (Å²) in [4.78, 5) is 29.5. The Morgan fingerprint density at radius 1 is 1.15 bits per heavy atom. The lowest BCUT2D eigenvalue weighted by Gasteiger charge is -2.19. The zero-order valence-corrected chi connectivity index (χ0v) is 14.4. The molecule has 0 spiro atoms. The third-order valence-electron chi connectivity index (χ3n) is 4.43. The molecule has 6 nitrogen and oxygen atoms in total. The number of fused-ring (bicyclic) bond motifs is 1. The highest BCUT2D eigenvalue weighted by Gasteiger charge is 2.18. The molecule has 0 saturated heterocycles. The van der Waals surface area contributed by atoms with Crippen LogP contribution in [0.4, 0.5) is 0 Å². The summed E-state index contributed by atoms with van der Waals surface area (Å²) in [6.45, 7) is 3.07. The maximum atomic E-state index is 12.9. The summed E-state index contributed by atoms with van der Waals surface area (Å²) >= 11 is 0. The number of carbonyl (C=O) groups is 1. The van der Waals surface area contributed by atoms with Crippen LogP contribution >= 0.6 is 0 Å². The van der Waals surface area contributed by atoms with E-state index in [0.29, 0.717) is 18.8 Å². The minimum Gasteiger partial charge on any atom is -0.357 e. The monoisotopic (exact) mass is 349 g/mol. The van der Waals surface area contributed by atoms with Crippen molar-refractivity contribution in [3.63, 3.8) is 0 Å². The van der Waals surface area contributed by atoms with Crippen LogP contribution < -0.4 is 0 Å². The largest absolute Gasteiger partial charge is 0.357 e. The van der Waals surface area contributed by atoms with Crippen LogP contribution in [-0.4, -0.2) is 37.3 Å². The van der Waals surface area contributed by atoms with E-state index in [-0.39, 0.29) is 8.76 Å². The predicted molar refractivity (Wildman–Crippen MR) is 105 cm³/mol. The number of rotatable bonds is 5. The number of aromatic nitrogens is 4. The average Bonchev–Trinajstić information content (AvgIpc) is 3.35. The van der Waals surface area contributed by atoms with Crippen LogP contribution in [0.15, 0.2) is 61.2 Å². The highest BCUT2D eigenvalue weighted by atomic mass is 16.2. The van der Waals surface area contributed by atoms with Gasteiger partial charge in [0.25, 0.3) is 5.91 Å². The zero-order chi connectivity index (χ0) is 17.9. The van der Waals surface area contributed by atoms with Crippen molar-refractivity contribution < 1.29 is 7.65 Å². The summed E-state index contributed by atoms with van der Waals surface area (Å²) in [6, 6.07) is 11.6. The SMILES string of the molecule is CCN(Cc1ccccn1)C(=O)c1cc(-c2ccnc3[nH]ccc23)c[nH]1.[HH].[HH]. The van der Waals surface area contributed by atoms with Gasteiger partial charge in [-0.05, 0) is 42.8 Å². The van der Waals surface area contributed by atoms with Crippen molar-refractivity contribution in [2.24, 2.45) is 0 Å². The van der Waals surface area contributed by atoms with E-state index in [4.69, 9.17) is 0 Å². The van der Waals surface area contributed by atoms with Gasteiger partial charge in [-0.25, -0.2) is 4.98 Å². The standard InChI is InChI=1S/C20H19N5O.2H2/c1-2-25(13-15-5-3-4-8-21-15)20(26)18-11-14(12-24-18)16-6-9-22-19-17(16)7-10-23-19;;/h3-12,24H,2,13H2,1H3,(H,22,23);2*1H. The van der Waals surface area contributed by atoms with Gasteiger partial charge in [-0.3, -0.25) is 9.78 Å². The Morgan fingerprint density at radius 2 is 2.08 bits per heavy atom. The molecule has 134 valence electrons. The van der Waals surface area contributed by atoms with Gasteiger partial charge in [0.2, 0.25) is 0 Å². The Kier molecular flexibility index (Phi) is 4.23. The first-order chi connectivity index (χ1) is 12.8. The summed E-state index contributed by atoms with van der Waals surface area (Å²) in [7, 11) is 0. The second kappa shape index (κ2) is 6.84. The van der Waals surface area contributed by atoms with Gasteiger partial charge in [-0.15, -0.1) is 0 Å².